The van der Waals surface area contributed by atoms with E-state index in [0.29, 0.717) is 6.61 Å². The molecule has 1 rings (SSSR count). The number of amides is 1. The van der Waals surface area contributed by atoms with Crippen LogP contribution in [0.4, 0.5) is 0 Å². The molecular formula is C14H22N2O2. The van der Waals surface area contributed by atoms with E-state index in [1.807, 2.05) is 45.0 Å². The maximum Gasteiger partial charge on any atom is 0.244 e. The summed E-state index contributed by atoms with van der Waals surface area (Å²) in [6.07, 6.45) is 0. The molecule has 0 unspecified atom stereocenters. The van der Waals surface area contributed by atoms with Crippen molar-refractivity contribution in [1.29, 1.82) is 0 Å². The lowest BCUT2D eigenvalue weighted by Gasteiger charge is -2.26. The summed E-state index contributed by atoms with van der Waals surface area (Å²) in [6.45, 7) is 6.40. The molecule has 0 saturated heterocycles. The third-order valence-electron chi connectivity index (χ3n) is 2.78. The van der Waals surface area contributed by atoms with Gasteiger partial charge in [0.25, 0.3) is 0 Å². The van der Waals surface area contributed by atoms with E-state index in [0.717, 1.165) is 11.3 Å². The van der Waals surface area contributed by atoms with Crippen molar-refractivity contribution in [3.05, 3.63) is 29.8 Å². The van der Waals surface area contributed by atoms with Gasteiger partial charge in [0, 0.05) is 14.1 Å². The first-order chi connectivity index (χ1) is 8.37. The highest BCUT2D eigenvalue weighted by Gasteiger charge is 2.30. The molecule has 1 aromatic carbocycles. The lowest BCUT2D eigenvalue weighted by molar-refractivity contribution is -0.129. The standard InChI is InChI=1S/C14H22N2O2/c1-6-18-12-9-7-11(8-10-12)14(2,3)13(17)15-16(4)5/h7-10H,6H2,1-5H3,(H,15,17). The second-order valence-electron chi connectivity index (χ2n) is 4.92. The molecule has 0 aromatic heterocycles. The normalized spacial score (nSPS) is 11.4. The average molecular weight is 250 g/mol. The van der Waals surface area contributed by atoms with Crippen LogP contribution >= 0.6 is 0 Å². The molecule has 0 bridgehead atoms. The van der Waals surface area contributed by atoms with Crippen molar-refractivity contribution < 1.29 is 9.53 Å². The number of hydrogen-bond donors (Lipinski definition) is 1. The molecule has 0 heterocycles. The number of nitrogens with zero attached hydrogens (tertiary/aromatic N) is 1. The average Bonchev–Trinajstić information content (AvgIpc) is 2.29. The van der Waals surface area contributed by atoms with Crippen molar-refractivity contribution in [2.24, 2.45) is 0 Å². The summed E-state index contributed by atoms with van der Waals surface area (Å²) in [4.78, 5) is 12.1. The Morgan fingerprint density at radius 1 is 1.28 bits per heavy atom. The largest absolute Gasteiger partial charge is 0.494 e. The number of nitrogens with one attached hydrogen (secondary N) is 1. The molecule has 0 saturated carbocycles. The van der Waals surface area contributed by atoms with E-state index in [2.05, 4.69) is 5.43 Å². The molecule has 4 nitrogen and oxygen atoms in total. The highest BCUT2D eigenvalue weighted by molar-refractivity contribution is 5.86. The maximum absolute atomic E-state index is 12.1. The molecule has 0 spiro atoms. The minimum Gasteiger partial charge on any atom is -0.494 e. The lowest BCUT2D eigenvalue weighted by Crippen LogP contribution is -2.46. The Labute approximate surface area is 109 Å². The Bertz CT molecular complexity index is 397. The Morgan fingerprint density at radius 3 is 2.28 bits per heavy atom. The minimum absolute atomic E-state index is 0.0309. The molecular weight excluding hydrogens is 228 g/mol. The number of ether oxygens (including phenoxy) is 1. The fourth-order valence-corrected chi connectivity index (χ4v) is 1.61. The molecule has 0 radical (unpaired) electrons. The summed E-state index contributed by atoms with van der Waals surface area (Å²) in [5.41, 5.74) is 3.17. The number of carbonyl (C=O) groups is 1. The van der Waals surface area contributed by atoms with E-state index in [9.17, 15) is 4.79 Å². The van der Waals surface area contributed by atoms with Crippen LogP contribution in [0, 0.1) is 0 Å². The number of carbonyl (C=O) groups excluding carboxylic acids is 1. The van der Waals surface area contributed by atoms with Crippen molar-refractivity contribution in [2.75, 3.05) is 20.7 Å². The zero-order chi connectivity index (χ0) is 13.8. The molecule has 1 N–H and O–H groups in total. The third kappa shape index (κ3) is 3.47. The van der Waals surface area contributed by atoms with E-state index in [-0.39, 0.29) is 5.91 Å². The van der Waals surface area contributed by atoms with Crippen molar-refractivity contribution in [1.82, 2.24) is 10.4 Å². The predicted molar refractivity (Wildman–Crippen MR) is 72.5 cm³/mol. The topological polar surface area (TPSA) is 41.6 Å². The SMILES string of the molecule is CCOc1ccc(C(C)(C)C(=O)NN(C)C)cc1. The van der Waals surface area contributed by atoms with Gasteiger partial charge in [-0.05, 0) is 38.5 Å². The fourth-order valence-electron chi connectivity index (χ4n) is 1.61. The summed E-state index contributed by atoms with van der Waals surface area (Å²) >= 11 is 0. The maximum atomic E-state index is 12.1. The van der Waals surface area contributed by atoms with Crippen molar-refractivity contribution in [3.8, 4) is 5.75 Å². The second kappa shape index (κ2) is 5.87. The number of rotatable bonds is 5. The van der Waals surface area contributed by atoms with Gasteiger partial charge in [-0.25, -0.2) is 5.01 Å². The second-order valence-corrected chi connectivity index (χ2v) is 4.92. The smallest absolute Gasteiger partial charge is 0.244 e. The summed E-state index contributed by atoms with van der Waals surface area (Å²) in [5, 5.41) is 1.65. The monoisotopic (exact) mass is 250 g/mol. The predicted octanol–water partition coefficient (Wildman–Crippen LogP) is 1.96. The minimum atomic E-state index is -0.574. The molecule has 0 fully saturated rings. The van der Waals surface area contributed by atoms with E-state index in [4.69, 9.17) is 4.74 Å². The van der Waals surface area contributed by atoms with Crippen LogP contribution in [0.2, 0.25) is 0 Å². The molecule has 0 aliphatic heterocycles. The Hall–Kier alpha value is -1.55. The van der Waals surface area contributed by atoms with Crippen LogP contribution in [-0.4, -0.2) is 31.6 Å². The van der Waals surface area contributed by atoms with Gasteiger partial charge in [-0.3, -0.25) is 10.2 Å². The third-order valence-corrected chi connectivity index (χ3v) is 2.78. The van der Waals surface area contributed by atoms with Crippen molar-refractivity contribution in [3.63, 3.8) is 0 Å². The molecule has 4 heteroatoms. The van der Waals surface area contributed by atoms with Crippen molar-refractivity contribution in [2.45, 2.75) is 26.2 Å². The molecule has 1 amide bonds. The van der Waals surface area contributed by atoms with Crippen molar-refractivity contribution >= 4 is 5.91 Å². The van der Waals surface area contributed by atoms with E-state index in [1.165, 1.54) is 0 Å². The zero-order valence-electron chi connectivity index (χ0n) is 11.8. The summed E-state index contributed by atoms with van der Waals surface area (Å²) < 4.78 is 5.39. The van der Waals surface area contributed by atoms with E-state index in [1.54, 1.807) is 19.1 Å². The first-order valence-electron chi connectivity index (χ1n) is 6.09. The van der Waals surface area contributed by atoms with Crippen LogP contribution in [0.3, 0.4) is 0 Å². The summed E-state index contributed by atoms with van der Waals surface area (Å²) in [7, 11) is 3.60. The number of hydrogen-bond acceptors (Lipinski definition) is 3. The van der Waals surface area contributed by atoms with E-state index >= 15 is 0 Å². The van der Waals surface area contributed by atoms with Gasteiger partial charge in [-0.15, -0.1) is 0 Å². The summed E-state index contributed by atoms with van der Waals surface area (Å²) in [6, 6.07) is 7.65. The van der Waals surface area contributed by atoms with Gasteiger partial charge in [0.2, 0.25) is 5.91 Å². The Morgan fingerprint density at radius 2 is 1.83 bits per heavy atom. The quantitative estimate of drug-likeness (QED) is 0.812. The lowest BCUT2D eigenvalue weighted by atomic mass is 9.84. The fraction of sp³-hybridized carbons (Fsp3) is 0.500. The molecule has 100 valence electrons. The van der Waals surface area contributed by atoms with Gasteiger partial charge in [0.05, 0.1) is 12.0 Å². The summed E-state index contributed by atoms with van der Waals surface area (Å²) in [5.74, 6) is 0.793. The van der Waals surface area contributed by atoms with Gasteiger partial charge in [-0.1, -0.05) is 12.1 Å². The van der Waals surface area contributed by atoms with Gasteiger partial charge < -0.3 is 4.74 Å². The van der Waals surface area contributed by atoms with Crippen LogP contribution in [0.25, 0.3) is 0 Å². The van der Waals surface area contributed by atoms with Crippen LogP contribution in [0.15, 0.2) is 24.3 Å². The van der Waals surface area contributed by atoms with Crippen LogP contribution < -0.4 is 10.2 Å². The van der Waals surface area contributed by atoms with Crippen LogP contribution in [-0.2, 0) is 10.2 Å². The zero-order valence-corrected chi connectivity index (χ0v) is 11.8. The number of hydrazine groups is 1. The van der Waals surface area contributed by atoms with E-state index < -0.39 is 5.41 Å². The van der Waals surface area contributed by atoms with Gasteiger partial charge in [-0.2, -0.15) is 0 Å². The van der Waals surface area contributed by atoms with Crippen LogP contribution in [0.1, 0.15) is 26.3 Å². The van der Waals surface area contributed by atoms with Gasteiger partial charge in [0.1, 0.15) is 5.75 Å². The first-order valence-corrected chi connectivity index (χ1v) is 6.09. The highest BCUT2D eigenvalue weighted by atomic mass is 16.5. The van der Waals surface area contributed by atoms with Crippen LogP contribution in [0.5, 0.6) is 5.75 Å². The number of benzene rings is 1. The van der Waals surface area contributed by atoms with Gasteiger partial charge in [0.15, 0.2) is 0 Å². The first kappa shape index (κ1) is 14.5. The Balaban J connectivity index is 2.87. The molecule has 18 heavy (non-hydrogen) atoms. The molecule has 0 aliphatic rings. The molecule has 0 aliphatic carbocycles. The molecule has 1 aromatic rings. The molecule has 0 atom stereocenters. The Kier molecular flexibility index (Phi) is 4.73. The highest BCUT2D eigenvalue weighted by Crippen LogP contribution is 2.25. The van der Waals surface area contributed by atoms with Gasteiger partial charge >= 0.3 is 0 Å².